The lowest BCUT2D eigenvalue weighted by atomic mass is 10.0. The Hall–Kier alpha value is -1.35. The summed E-state index contributed by atoms with van der Waals surface area (Å²) in [4.78, 5) is 15.1. The van der Waals surface area contributed by atoms with Crippen molar-refractivity contribution in [1.82, 2.24) is 0 Å². The van der Waals surface area contributed by atoms with E-state index in [-0.39, 0.29) is 0 Å². The van der Waals surface area contributed by atoms with Crippen LogP contribution in [0.4, 0.5) is 0 Å². The highest BCUT2D eigenvalue weighted by Gasteiger charge is 2.16. The fraction of sp³-hybridized carbons (Fsp3) is 0.385. The molecule has 0 fully saturated rings. The molecule has 0 bridgehead atoms. The van der Waals surface area contributed by atoms with Gasteiger partial charge in [-0.1, -0.05) is 43.6 Å². The number of hydrogen-bond acceptors (Lipinski definition) is 2. The van der Waals surface area contributed by atoms with Gasteiger partial charge >= 0.3 is 5.97 Å². The zero-order valence-corrected chi connectivity index (χ0v) is 10.7. The smallest absolute Gasteiger partial charge is 0.328 e. The third-order valence-electron chi connectivity index (χ3n) is 2.28. The number of aliphatic carboxylic acids is 1. The lowest BCUT2D eigenvalue weighted by Gasteiger charge is -2.09. The fourth-order valence-corrected chi connectivity index (χ4v) is 1.61. The highest BCUT2D eigenvalue weighted by atomic mass is 35.5. The molecule has 1 atom stereocenters. The summed E-state index contributed by atoms with van der Waals surface area (Å²) in [5.74, 6) is -0.610. The molecule has 1 rings (SSSR count). The SMILES string of the molecule is CC(C)CC(N=Cc1ccccc1Cl)C(=O)O. The van der Waals surface area contributed by atoms with Crippen molar-refractivity contribution in [3.05, 3.63) is 34.9 Å². The standard InChI is InChI=1S/C13H16ClNO2/c1-9(2)7-12(13(16)17)15-8-10-5-3-4-6-11(10)14/h3-6,8-9,12H,7H2,1-2H3,(H,16,17). The first-order valence-electron chi connectivity index (χ1n) is 5.51. The van der Waals surface area contributed by atoms with Gasteiger partial charge in [0.15, 0.2) is 0 Å². The van der Waals surface area contributed by atoms with Gasteiger partial charge in [-0.25, -0.2) is 4.79 Å². The molecule has 0 saturated carbocycles. The van der Waals surface area contributed by atoms with E-state index in [0.717, 1.165) is 5.56 Å². The first-order valence-corrected chi connectivity index (χ1v) is 5.89. The first kappa shape index (κ1) is 13.7. The maximum atomic E-state index is 11.0. The summed E-state index contributed by atoms with van der Waals surface area (Å²) in [5.41, 5.74) is 0.740. The second kappa shape index (κ2) is 6.40. The molecule has 0 heterocycles. The van der Waals surface area contributed by atoms with Gasteiger partial charge in [0.05, 0.1) is 0 Å². The van der Waals surface area contributed by atoms with Crippen LogP contribution in [0.3, 0.4) is 0 Å². The molecule has 0 amide bonds. The van der Waals surface area contributed by atoms with Crippen molar-refractivity contribution in [3.63, 3.8) is 0 Å². The Morgan fingerprint density at radius 2 is 2.12 bits per heavy atom. The van der Waals surface area contributed by atoms with Gasteiger partial charge in [-0.15, -0.1) is 0 Å². The first-order chi connectivity index (χ1) is 8.00. The van der Waals surface area contributed by atoms with Crippen LogP contribution >= 0.6 is 11.6 Å². The molecule has 0 aromatic heterocycles. The summed E-state index contributed by atoms with van der Waals surface area (Å²) in [6.45, 7) is 3.95. The molecule has 0 spiro atoms. The van der Waals surface area contributed by atoms with E-state index in [1.54, 1.807) is 12.1 Å². The van der Waals surface area contributed by atoms with Crippen molar-refractivity contribution in [3.8, 4) is 0 Å². The van der Waals surface area contributed by atoms with Crippen LogP contribution in [-0.2, 0) is 4.79 Å². The zero-order chi connectivity index (χ0) is 12.8. The predicted molar refractivity (Wildman–Crippen MR) is 69.9 cm³/mol. The highest BCUT2D eigenvalue weighted by molar-refractivity contribution is 6.33. The topological polar surface area (TPSA) is 49.7 Å². The molecule has 1 N–H and O–H groups in total. The molecular weight excluding hydrogens is 238 g/mol. The van der Waals surface area contributed by atoms with Crippen molar-refractivity contribution in [2.75, 3.05) is 0 Å². The number of carboxylic acid groups (broad SMARTS) is 1. The number of benzene rings is 1. The molecule has 0 aliphatic heterocycles. The number of nitrogens with zero attached hydrogens (tertiary/aromatic N) is 1. The summed E-state index contributed by atoms with van der Waals surface area (Å²) < 4.78 is 0. The van der Waals surface area contributed by atoms with E-state index in [4.69, 9.17) is 16.7 Å². The molecule has 17 heavy (non-hydrogen) atoms. The number of halogens is 1. The normalized spacial score (nSPS) is 13.2. The maximum absolute atomic E-state index is 11.0. The van der Waals surface area contributed by atoms with Crippen LogP contribution < -0.4 is 0 Å². The van der Waals surface area contributed by atoms with Gasteiger partial charge in [-0.3, -0.25) is 4.99 Å². The van der Waals surface area contributed by atoms with Crippen LogP contribution in [0.25, 0.3) is 0 Å². The molecule has 0 saturated heterocycles. The quantitative estimate of drug-likeness (QED) is 0.819. The van der Waals surface area contributed by atoms with Gasteiger partial charge in [-0.2, -0.15) is 0 Å². The number of rotatable bonds is 5. The second-order valence-corrected chi connectivity index (χ2v) is 4.69. The minimum atomic E-state index is -0.901. The molecule has 4 heteroatoms. The summed E-state index contributed by atoms with van der Waals surface area (Å²) in [7, 11) is 0. The van der Waals surface area contributed by atoms with Crippen molar-refractivity contribution >= 4 is 23.8 Å². The predicted octanol–water partition coefficient (Wildman–Crippen LogP) is 3.26. The average Bonchev–Trinajstić information content (AvgIpc) is 2.25. The Morgan fingerprint density at radius 1 is 1.47 bits per heavy atom. The molecule has 0 aliphatic rings. The van der Waals surface area contributed by atoms with E-state index in [1.165, 1.54) is 6.21 Å². The molecule has 92 valence electrons. The van der Waals surface area contributed by atoms with Gasteiger partial charge in [0.25, 0.3) is 0 Å². The third-order valence-corrected chi connectivity index (χ3v) is 2.62. The van der Waals surface area contributed by atoms with Crippen molar-refractivity contribution in [2.45, 2.75) is 26.3 Å². The van der Waals surface area contributed by atoms with E-state index in [1.807, 2.05) is 26.0 Å². The highest BCUT2D eigenvalue weighted by Crippen LogP contribution is 2.14. The van der Waals surface area contributed by atoms with Crippen LogP contribution in [0.2, 0.25) is 5.02 Å². The number of hydrogen-bond donors (Lipinski definition) is 1. The van der Waals surface area contributed by atoms with E-state index in [0.29, 0.717) is 17.4 Å². The molecule has 1 aromatic carbocycles. The summed E-state index contributed by atoms with van der Waals surface area (Å²) >= 11 is 5.95. The molecule has 1 unspecified atom stereocenters. The van der Waals surface area contributed by atoms with Gasteiger partial charge in [-0.05, 0) is 18.4 Å². The van der Waals surface area contributed by atoms with E-state index < -0.39 is 12.0 Å². The van der Waals surface area contributed by atoms with Gasteiger partial charge in [0, 0.05) is 16.8 Å². The Morgan fingerprint density at radius 3 is 2.65 bits per heavy atom. The van der Waals surface area contributed by atoms with Crippen molar-refractivity contribution in [2.24, 2.45) is 10.9 Å². The molecule has 0 radical (unpaired) electrons. The molecule has 1 aromatic rings. The van der Waals surface area contributed by atoms with E-state index in [2.05, 4.69) is 4.99 Å². The van der Waals surface area contributed by atoms with Gasteiger partial charge in [0.1, 0.15) is 6.04 Å². The van der Waals surface area contributed by atoms with Crippen molar-refractivity contribution < 1.29 is 9.90 Å². The van der Waals surface area contributed by atoms with E-state index >= 15 is 0 Å². The van der Waals surface area contributed by atoms with Crippen LogP contribution in [0.15, 0.2) is 29.3 Å². The minimum absolute atomic E-state index is 0.291. The minimum Gasteiger partial charge on any atom is -0.480 e. The Bertz CT molecular complexity index is 416. The van der Waals surface area contributed by atoms with Gasteiger partial charge < -0.3 is 5.11 Å². The van der Waals surface area contributed by atoms with Crippen molar-refractivity contribution in [1.29, 1.82) is 0 Å². The van der Waals surface area contributed by atoms with Crippen LogP contribution in [0, 0.1) is 5.92 Å². The fourth-order valence-electron chi connectivity index (χ4n) is 1.42. The zero-order valence-electron chi connectivity index (χ0n) is 9.93. The van der Waals surface area contributed by atoms with Crippen LogP contribution in [0.1, 0.15) is 25.8 Å². The molecule has 3 nitrogen and oxygen atoms in total. The summed E-state index contributed by atoms with van der Waals surface area (Å²) in [5, 5.41) is 9.60. The Kier molecular flexibility index (Phi) is 5.16. The summed E-state index contributed by atoms with van der Waals surface area (Å²) in [6.07, 6.45) is 2.06. The Labute approximate surface area is 106 Å². The molecule has 0 aliphatic carbocycles. The second-order valence-electron chi connectivity index (χ2n) is 4.28. The van der Waals surface area contributed by atoms with Crippen LogP contribution in [0.5, 0.6) is 0 Å². The average molecular weight is 254 g/mol. The number of carboxylic acids is 1. The van der Waals surface area contributed by atoms with E-state index in [9.17, 15) is 4.79 Å². The largest absolute Gasteiger partial charge is 0.480 e. The summed E-state index contributed by atoms with van der Waals surface area (Å²) in [6, 6.07) is 6.51. The molecular formula is C13H16ClNO2. The third kappa shape index (κ3) is 4.57. The maximum Gasteiger partial charge on any atom is 0.328 e. The van der Waals surface area contributed by atoms with Gasteiger partial charge in [0.2, 0.25) is 0 Å². The monoisotopic (exact) mass is 253 g/mol. The number of carbonyl (C=O) groups is 1. The lowest BCUT2D eigenvalue weighted by Crippen LogP contribution is -2.20. The number of aliphatic imine (C=N–C) groups is 1. The van der Waals surface area contributed by atoms with Crippen LogP contribution in [-0.4, -0.2) is 23.3 Å². The lowest BCUT2D eigenvalue weighted by molar-refractivity contribution is -0.138. The Balaban J connectivity index is 2.80.